The minimum absolute atomic E-state index is 0.0268. The average Bonchev–Trinajstić information content (AvgIpc) is 3.46. The molecule has 2 aliphatic rings. The van der Waals surface area contributed by atoms with E-state index in [9.17, 15) is 9.90 Å². The van der Waals surface area contributed by atoms with E-state index in [-0.39, 0.29) is 33.3 Å². The Bertz CT molecular complexity index is 1560. The highest BCUT2D eigenvalue weighted by molar-refractivity contribution is 6.38. The van der Waals surface area contributed by atoms with Crippen molar-refractivity contribution in [3.63, 3.8) is 0 Å². The van der Waals surface area contributed by atoms with Crippen LogP contribution in [0.15, 0.2) is 30.7 Å². The summed E-state index contributed by atoms with van der Waals surface area (Å²) in [6.07, 6.45) is 12.4. The Morgan fingerprint density at radius 1 is 1.19 bits per heavy atom. The van der Waals surface area contributed by atoms with E-state index in [0.717, 1.165) is 17.8 Å². The minimum Gasteiger partial charge on any atom is -0.505 e. The van der Waals surface area contributed by atoms with E-state index >= 15 is 0 Å². The zero-order valence-corrected chi connectivity index (χ0v) is 21.6. The van der Waals surface area contributed by atoms with Crippen LogP contribution in [0, 0.1) is 5.92 Å². The molecule has 1 aliphatic carbocycles. The van der Waals surface area contributed by atoms with Crippen LogP contribution in [-0.2, 0) is 16.6 Å². The predicted molar refractivity (Wildman–Crippen MR) is 142 cm³/mol. The van der Waals surface area contributed by atoms with E-state index in [1.165, 1.54) is 38.2 Å². The Kier molecular flexibility index (Phi) is 5.72. The summed E-state index contributed by atoms with van der Waals surface area (Å²) in [5, 5.41) is 13.2. The van der Waals surface area contributed by atoms with Gasteiger partial charge < -0.3 is 20.6 Å². The van der Waals surface area contributed by atoms with Crippen molar-refractivity contribution in [2.45, 2.75) is 50.9 Å². The first-order valence-corrected chi connectivity index (χ1v) is 13.0. The molecule has 11 heteroatoms. The van der Waals surface area contributed by atoms with Crippen LogP contribution in [0.25, 0.3) is 17.2 Å². The molecule has 1 aromatic carbocycles. The molecule has 0 saturated heterocycles. The van der Waals surface area contributed by atoms with Crippen molar-refractivity contribution in [3.05, 3.63) is 57.6 Å². The molecule has 1 aliphatic heterocycles. The zero-order valence-electron chi connectivity index (χ0n) is 20.1. The number of halogens is 2. The lowest BCUT2D eigenvalue weighted by Gasteiger charge is -2.25. The van der Waals surface area contributed by atoms with Crippen molar-refractivity contribution < 1.29 is 9.90 Å². The van der Waals surface area contributed by atoms with Crippen LogP contribution >= 0.6 is 23.2 Å². The number of anilines is 2. The molecule has 4 aromatic rings. The second kappa shape index (κ2) is 8.85. The van der Waals surface area contributed by atoms with E-state index in [4.69, 9.17) is 33.9 Å². The number of rotatable bonds is 4. The van der Waals surface area contributed by atoms with E-state index in [0.29, 0.717) is 28.6 Å². The second-order valence-electron chi connectivity index (χ2n) is 9.93. The molecule has 1 saturated carbocycles. The predicted octanol–water partition coefficient (Wildman–Crippen LogP) is 5.16. The fraction of sp³-hybridized carbons (Fsp3) is 0.346. The molecule has 1 fully saturated rings. The summed E-state index contributed by atoms with van der Waals surface area (Å²) in [6, 6.07) is 3.08. The maximum Gasteiger partial charge on any atom is 0.240 e. The number of phenolic OH excluding ortho intramolecular Hbond substituents is 1. The van der Waals surface area contributed by atoms with Gasteiger partial charge in [0.25, 0.3) is 0 Å². The molecule has 0 radical (unpaired) electrons. The van der Waals surface area contributed by atoms with Gasteiger partial charge in [0.15, 0.2) is 17.2 Å². The van der Waals surface area contributed by atoms with Gasteiger partial charge in [-0.25, -0.2) is 19.9 Å². The van der Waals surface area contributed by atoms with Gasteiger partial charge in [0.05, 0.1) is 21.3 Å². The summed E-state index contributed by atoms with van der Waals surface area (Å²) >= 11 is 12.4. The number of benzene rings is 1. The smallest absolute Gasteiger partial charge is 0.240 e. The van der Waals surface area contributed by atoms with Gasteiger partial charge in [-0.3, -0.25) is 4.79 Å². The van der Waals surface area contributed by atoms with Crippen LogP contribution in [0.5, 0.6) is 5.75 Å². The number of amides is 1. The highest BCUT2D eigenvalue weighted by atomic mass is 35.5. The molecule has 9 nitrogen and oxygen atoms in total. The van der Waals surface area contributed by atoms with Gasteiger partial charge in [-0.15, -0.1) is 0 Å². The SMILES string of the molecule is C[C@]1(c2ccc(Cl)c(O)c2Cl)C(=O)Nc2nc(-c3cn4ccnc4c(CC4CCCCC4)n3)nc(N)c21. The number of fused-ring (bicyclic) bond motifs is 2. The summed E-state index contributed by atoms with van der Waals surface area (Å²) in [5.74, 6) is 0.576. The molecule has 0 bridgehead atoms. The van der Waals surface area contributed by atoms with Crippen LogP contribution in [0.4, 0.5) is 11.6 Å². The molecule has 0 spiro atoms. The molecule has 3 aromatic heterocycles. The monoisotopic (exact) mass is 537 g/mol. The topological polar surface area (TPSA) is 131 Å². The number of carbonyl (C=O) groups is 1. The number of nitrogens with one attached hydrogen (secondary N) is 1. The number of nitrogens with zero attached hydrogens (tertiary/aromatic N) is 5. The molecule has 1 atom stereocenters. The first-order chi connectivity index (χ1) is 17.8. The number of nitrogens with two attached hydrogens (primary N) is 1. The largest absolute Gasteiger partial charge is 0.505 e. The highest BCUT2D eigenvalue weighted by Crippen LogP contribution is 2.49. The molecular weight excluding hydrogens is 513 g/mol. The Morgan fingerprint density at radius 3 is 2.76 bits per heavy atom. The summed E-state index contributed by atoms with van der Waals surface area (Å²) < 4.78 is 1.92. The lowest BCUT2D eigenvalue weighted by atomic mass is 9.77. The third kappa shape index (κ3) is 3.79. The number of nitrogen functional groups attached to an aromatic ring is 1. The van der Waals surface area contributed by atoms with Crippen molar-refractivity contribution in [1.82, 2.24) is 24.3 Å². The number of phenols is 1. The third-order valence-corrected chi connectivity index (χ3v) is 8.30. The lowest BCUT2D eigenvalue weighted by Crippen LogP contribution is -2.33. The fourth-order valence-corrected chi connectivity index (χ4v) is 6.17. The summed E-state index contributed by atoms with van der Waals surface area (Å²) in [5.41, 5.74) is 8.12. The maximum absolute atomic E-state index is 13.3. The summed E-state index contributed by atoms with van der Waals surface area (Å²) in [4.78, 5) is 31.9. The molecule has 4 heterocycles. The quantitative estimate of drug-likeness (QED) is 0.327. The van der Waals surface area contributed by atoms with Crippen LogP contribution in [-0.4, -0.2) is 35.4 Å². The van der Waals surface area contributed by atoms with Crippen LogP contribution in [0.3, 0.4) is 0 Å². The molecule has 0 unspecified atom stereocenters. The van der Waals surface area contributed by atoms with Crippen LogP contribution < -0.4 is 11.1 Å². The van der Waals surface area contributed by atoms with Crippen molar-refractivity contribution in [3.8, 4) is 17.3 Å². The third-order valence-electron chi connectivity index (χ3n) is 7.61. The van der Waals surface area contributed by atoms with E-state index in [1.807, 2.05) is 16.8 Å². The van der Waals surface area contributed by atoms with Gasteiger partial charge in [0.2, 0.25) is 5.91 Å². The molecule has 37 heavy (non-hydrogen) atoms. The first-order valence-electron chi connectivity index (χ1n) is 12.3. The maximum atomic E-state index is 13.3. The average molecular weight is 538 g/mol. The van der Waals surface area contributed by atoms with Gasteiger partial charge in [-0.05, 0) is 30.9 Å². The number of aromatic nitrogens is 5. The molecule has 6 rings (SSSR count). The van der Waals surface area contributed by atoms with Gasteiger partial charge >= 0.3 is 0 Å². The van der Waals surface area contributed by atoms with Crippen LogP contribution in [0.2, 0.25) is 10.0 Å². The normalized spacial score (nSPS) is 19.8. The Balaban J connectivity index is 1.45. The van der Waals surface area contributed by atoms with Crippen molar-refractivity contribution in [2.75, 3.05) is 11.1 Å². The van der Waals surface area contributed by atoms with Gasteiger partial charge in [-0.1, -0.05) is 61.4 Å². The summed E-state index contributed by atoms with van der Waals surface area (Å²) in [6.45, 7) is 1.67. The van der Waals surface area contributed by atoms with Crippen molar-refractivity contribution in [2.24, 2.45) is 5.92 Å². The molecule has 4 N–H and O–H groups in total. The number of imidazole rings is 1. The highest BCUT2D eigenvalue weighted by Gasteiger charge is 2.49. The Labute approximate surface area is 223 Å². The van der Waals surface area contributed by atoms with E-state index < -0.39 is 5.41 Å². The molecule has 1 amide bonds. The van der Waals surface area contributed by atoms with E-state index in [2.05, 4.69) is 20.3 Å². The van der Waals surface area contributed by atoms with Gasteiger partial charge in [-0.2, -0.15) is 0 Å². The molecular formula is C26H25Cl2N7O2. The van der Waals surface area contributed by atoms with Gasteiger partial charge in [0, 0.05) is 18.6 Å². The summed E-state index contributed by atoms with van der Waals surface area (Å²) in [7, 11) is 0. The van der Waals surface area contributed by atoms with Gasteiger partial charge in [0.1, 0.15) is 22.7 Å². The molecule has 190 valence electrons. The van der Waals surface area contributed by atoms with E-state index in [1.54, 1.807) is 19.2 Å². The van der Waals surface area contributed by atoms with Crippen molar-refractivity contribution in [1.29, 1.82) is 0 Å². The minimum atomic E-state index is -1.33. The lowest BCUT2D eigenvalue weighted by molar-refractivity contribution is -0.119. The Hall–Kier alpha value is -3.43. The second-order valence-corrected chi connectivity index (χ2v) is 10.7. The number of aromatic hydroxyl groups is 1. The Morgan fingerprint density at radius 2 is 1.97 bits per heavy atom. The number of hydrogen-bond acceptors (Lipinski definition) is 7. The zero-order chi connectivity index (χ0) is 25.9. The number of carbonyl (C=O) groups excluding carboxylic acids is 1. The number of hydrogen-bond donors (Lipinski definition) is 3. The fourth-order valence-electron chi connectivity index (χ4n) is 5.61. The van der Waals surface area contributed by atoms with Crippen LogP contribution in [0.1, 0.15) is 55.8 Å². The standard InChI is InChI=1S/C26H25Cl2N7O2/c1-26(14-7-8-15(27)20(36)19(14)28)18-21(29)32-22(33-23(18)34-25(26)37)17-12-35-10-9-30-24(35)16(31-17)11-13-5-3-2-4-6-13/h7-10,12-13,36H,2-6,11H2,1H3,(H3,29,32,33,34,37)/t26-/m1/s1. The van der Waals surface area contributed by atoms with Crippen molar-refractivity contribution >= 4 is 46.4 Å². The first kappa shape index (κ1) is 23.9.